The molecule has 0 aliphatic carbocycles. The number of anilines is 1. The van der Waals surface area contributed by atoms with Crippen LogP contribution in [-0.4, -0.2) is 34.3 Å². The molecule has 1 aromatic heterocycles. The Kier molecular flexibility index (Phi) is 5.20. The average Bonchev–Trinajstić information content (AvgIpc) is 3.02. The minimum Gasteiger partial charge on any atom is -0.315 e. The zero-order valence-electron chi connectivity index (χ0n) is 15.7. The fourth-order valence-electron chi connectivity index (χ4n) is 3.43. The summed E-state index contributed by atoms with van der Waals surface area (Å²) < 4.78 is 0. The van der Waals surface area contributed by atoms with E-state index < -0.39 is 29.9 Å². The predicted molar refractivity (Wildman–Crippen MR) is 112 cm³/mol. The zero-order valence-corrected chi connectivity index (χ0v) is 16.5. The normalized spacial score (nSPS) is 15.0. The maximum absolute atomic E-state index is 13.5. The van der Waals surface area contributed by atoms with Crippen molar-refractivity contribution in [1.82, 2.24) is 15.2 Å². The molecule has 1 aliphatic heterocycles. The van der Waals surface area contributed by atoms with Gasteiger partial charge in [0, 0.05) is 6.20 Å². The summed E-state index contributed by atoms with van der Waals surface area (Å²) in [5, 5.41) is 5.79. The molecular weight excluding hydrogens is 404 g/mol. The molecule has 2 N–H and O–H groups in total. The molecule has 4 amide bonds. The van der Waals surface area contributed by atoms with E-state index in [1.807, 2.05) is 12.1 Å². The van der Waals surface area contributed by atoms with Gasteiger partial charge in [-0.3, -0.25) is 14.5 Å². The van der Waals surface area contributed by atoms with E-state index in [0.29, 0.717) is 16.1 Å². The number of amides is 4. The van der Waals surface area contributed by atoms with Gasteiger partial charge in [-0.15, -0.1) is 0 Å². The second-order valence-corrected chi connectivity index (χ2v) is 7.15. The first kappa shape index (κ1) is 19.6. The number of aromatic nitrogens is 1. The third-order valence-electron chi connectivity index (χ3n) is 4.82. The first-order valence-corrected chi connectivity index (χ1v) is 9.55. The lowest BCUT2D eigenvalue weighted by Gasteiger charge is -2.27. The van der Waals surface area contributed by atoms with Gasteiger partial charge in [0.05, 0.1) is 5.02 Å². The molecule has 2 aromatic carbocycles. The number of nitrogens with one attached hydrogen (secondary N) is 2. The summed E-state index contributed by atoms with van der Waals surface area (Å²) in [5.41, 5.74) is -0.188. The summed E-state index contributed by atoms with van der Waals surface area (Å²) >= 11 is 5.79. The minimum atomic E-state index is -1.40. The monoisotopic (exact) mass is 420 g/mol. The Labute approximate surface area is 177 Å². The first-order valence-electron chi connectivity index (χ1n) is 9.17. The van der Waals surface area contributed by atoms with E-state index in [-0.39, 0.29) is 5.82 Å². The molecule has 1 fully saturated rings. The Bertz CT molecular complexity index is 1050. The van der Waals surface area contributed by atoms with E-state index in [2.05, 4.69) is 15.6 Å². The van der Waals surface area contributed by atoms with Crippen LogP contribution in [0.2, 0.25) is 5.02 Å². The van der Waals surface area contributed by atoms with E-state index in [4.69, 9.17) is 11.6 Å². The number of nitrogens with zero attached hydrogens (tertiary/aromatic N) is 2. The summed E-state index contributed by atoms with van der Waals surface area (Å²) in [7, 11) is 0. The van der Waals surface area contributed by atoms with Crippen molar-refractivity contribution in [2.24, 2.45) is 0 Å². The van der Waals surface area contributed by atoms with Crippen LogP contribution >= 0.6 is 11.6 Å². The highest BCUT2D eigenvalue weighted by Crippen LogP contribution is 2.35. The molecule has 0 atom stereocenters. The molecule has 0 saturated carbocycles. The van der Waals surface area contributed by atoms with Crippen LogP contribution in [0.5, 0.6) is 0 Å². The van der Waals surface area contributed by atoms with E-state index in [0.717, 1.165) is 4.90 Å². The van der Waals surface area contributed by atoms with Crippen molar-refractivity contribution in [3.05, 3.63) is 95.1 Å². The van der Waals surface area contributed by atoms with Gasteiger partial charge in [-0.25, -0.2) is 9.78 Å². The number of pyridine rings is 1. The van der Waals surface area contributed by atoms with Crippen molar-refractivity contribution in [3.8, 4) is 0 Å². The van der Waals surface area contributed by atoms with Crippen LogP contribution in [0.3, 0.4) is 0 Å². The second-order valence-electron chi connectivity index (χ2n) is 6.71. The molecule has 1 saturated heterocycles. The lowest BCUT2D eigenvalue weighted by Crippen LogP contribution is -2.45. The number of benzene rings is 2. The Morgan fingerprint density at radius 3 is 2.10 bits per heavy atom. The Morgan fingerprint density at radius 1 is 0.967 bits per heavy atom. The van der Waals surface area contributed by atoms with Crippen LogP contribution in [-0.2, 0) is 15.1 Å². The lowest BCUT2D eigenvalue weighted by molar-refractivity contribution is -0.133. The molecule has 0 radical (unpaired) electrons. The summed E-state index contributed by atoms with van der Waals surface area (Å²) in [6, 6.07) is 20.4. The van der Waals surface area contributed by atoms with Crippen LogP contribution < -0.4 is 10.6 Å². The van der Waals surface area contributed by atoms with Gasteiger partial charge < -0.3 is 10.6 Å². The van der Waals surface area contributed by atoms with Gasteiger partial charge in [-0.1, -0.05) is 72.3 Å². The number of hydrogen-bond acceptors (Lipinski definition) is 4. The number of imide groups is 1. The van der Waals surface area contributed by atoms with Crippen LogP contribution in [0.1, 0.15) is 11.1 Å². The Balaban J connectivity index is 1.64. The van der Waals surface area contributed by atoms with Gasteiger partial charge in [0.2, 0.25) is 5.91 Å². The van der Waals surface area contributed by atoms with Gasteiger partial charge in [-0.05, 0) is 23.3 Å². The van der Waals surface area contributed by atoms with Crippen molar-refractivity contribution in [2.75, 3.05) is 11.9 Å². The summed E-state index contributed by atoms with van der Waals surface area (Å²) in [6.07, 6.45) is 1.39. The molecular formula is C22H17ClN4O3. The maximum Gasteiger partial charge on any atom is 0.326 e. The standard InChI is InChI=1S/C22H17ClN4O3/c23-17-11-12-18(24-13-17)25-19(28)14-27-20(29)22(26-21(27)30,15-7-3-1-4-8-15)16-9-5-2-6-10-16/h1-13H,14H2,(H,26,30)(H,24,25,28). The molecule has 3 aromatic rings. The third kappa shape index (κ3) is 3.51. The van der Waals surface area contributed by atoms with E-state index in [1.165, 1.54) is 12.3 Å². The van der Waals surface area contributed by atoms with Crippen molar-refractivity contribution < 1.29 is 14.4 Å². The van der Waals surface area contributed by atoms with Crippen molar-refractivity contribution in [2.45, 2.75) is 5.54 Å². The zero-order chi connectivity index (χ0) is 21.1. The van der Waals surface area contributed by atoms with Gasteiger partial charge >= 0.3 is 6.03 Å². The summed E-state index contributed by atoms with van der Waals surface area (Å²) in [6.45, 7) is -0.448. The molecule has 2 heterocycles. The average molecular weight is 421 g/mol. The second kappa shape index (κ2) is 7.96. The first-order chi connectivity index (χ1) is 14.5. The molecule has 0 spiro atoms. The van der Waals surface area contributed by atoms with Crippen LogP contribution in [0.4, 0.5) is 10.6 Å². The summed E-state index contributed by atoms with van der Waals surface area (Å²) in [4.78, 5) is 43.6. The van der Waals surface area contributed by atoms with Crippen LogP contribution in [0, 0.1) is 0 Å². The molecule has 1 aliphatic rings. The van der Waals surface area contributed by atoms with Gasteiger partial charge in [0.25, 0.3) is 5.91 Å². The van der Waals surface area contributed by atoms with E-state index in [1.54, 1.807) is 54.6 Å². The maximum atomic E-state index is 13.5. The third-order valence-corrected chi connectivity index (χ3v) is 5.04. The topological polar surface area (TPSA) is 91.4 Å². The number of urea groups is 1. The molecule has 0 unspecified atom stereocenters. The minimum absolute atomic E-state index is 0.272. The van der Waals surface area contributed by atoms with Gasteiger partial charge in [0.1, 0.15) is 12.4 Å². The SMILES string of the molecule is O=C(CN1C(=O)NC(c2ccccc2)(c2ccccc2)C1=O)Nc1ccc(Cl)cn1. The quantitative estimate of drug-likeness (QED) is 0.620. The smallest absolute Gasteiger partial charge is 0.315 e. The Hall–Kier alpha value is -3.71. The Morgan fingerprint density at radius 2 is 1.57 bits per heavy atom. The van der Waals surface area contributed by atoms with Crippen molar-refractivity contribution in [3.63, 3.8) is 0 Å². The van der Waals surface area contributed by atoms with Crippen molar-refractivity contribution in [1.29, 1.82) is 0 Å². The molecule has 8 heteroatoms. The summed E-state index contributed by atoms with van der Waals surface area (Å²) in [5.74, 6) is -0.803. The molecule has 7 nitrogen and oxygen atoms in total. The van der Waals surface area contributed by atoms with Gasteiger partial charge in [-0.2, -0.15) is 0 Å². The number of hydrogen-bond donors (Lipinski definition) is 2. The molecule has 30 heavy (non-hydrogen) atoms. The highest BCUT2D eigenvalue weighted by molar-refractivity contribution is 6.30. The highest BCUT2D eigenvalue weighted by Gasteiger charge is 2.54. The molecule has 150 valence electrons. The number of halogens is 1. The number of carbonyl (C=O) groups excluding carboxylic acids is 3. The van der Waals surface area contributed by atoms with Crippen LogP contribution in [0.25, 0.3) is 0 Å². The largest absolute Gasteiger partial charge is 0.326 e. The molecule has 0 bridgehead atoms. The lowest BCUT2D eigenvalue weighted by atomic mass is 9.82. The number of rotatable bonds is 5. The van der Waals surface area contributed by atoms with Crippen LogP contribution in [0.15, 0.2) is 79.0 Å². The fourth-order valence-corrected chi connectivity index (χ4v) is 3.54. The van der Waals surface area contributed by atoms with Gasteiger partial charge in [0.15, 0.2) is 5.54 Å². The fraction of sp³-hybridized carbons (Fsp3) is 0.0909. The predicted octanol–water partition coefficient (Wildman–Crippen LogP) is 3.17. The van der Waals surface area contributed by atoms with E-state index >= 15 is 0 Å². The highest BCUT2D eigenvalue weighted by atomic mass is 35.5. The number of carbonyl (C=O) groups is 3. The van der Waals surface area contributed by atoms with E-state index in [9.17, 15) is 14.4 Å². The van der Waals surface area contributed by atoms with Crippen molar-refractivity contribution >= 4 is 35.3 Å². The molecule has 4 rings (SSSR count).